The predicted octanol–water partition coefficient (Wildman–Crippen LogP) is 1.63. The van der Waals surface area contributed by atoms with Crippen LogP contribution >= 0.6 is 0 Å². The van der Waals surface area contributed by atoms with Crippen molar-refractivity contribution < 1.29 is 24.0 Å². The van der Waals surface area contributed by atoms with Crippen molar-refractivity contribution in [3.8, 4) is 0 Å². The summed E-state index contributed by atoms with van der Waals surface area (Å²) < 4.78 is 4.66. The molecule has 9 heteroatoms. The maximum atomic E-state index is 11.5. The summed E-state index contributed by atoms with van der Waals surface area (Å²) in [5, 5.41) is 15.3. The van der Waals surface area contributed by atoms with Gasteiger partial charge in [0.15, 0.2) is 6.61 Å². The largest absolute Gasteiger partial charge is 0.452 e. The number of urea groups is 1. The van der Waals surface area contributed by atoms with E-state index in [9.17, 15) is 24.5 Å². The van der Waals surface area contributed by atoms with Gasteiger partial charge in [0, 0.05) is 18.7 Å². The number of carbonyl (C=O) groups is 3. The van der Waals surface area contributed by atoms with Crippen molar-refractivity contribution in [2.45, 2.75) is 13.8 Å². The number of nitro groups is 1. The Morgan fingerprint density at radius 3 is 2.60 bits per heavy atom. The number of carbonyl (C=O) groups excluding carboxylic acids is 3. The summed E-state index contributed by atoms with van der Waals surface area (Å²) in [5.41, 5.74) is 0.0630. The number of rotatable bonds is 7. The zero-order valence-corrected chi connectivity index (χ0v) is 13.9. The number of nitrogens with one attached hydrogen (secondary N) is 2. The van der Waals surface area contributed by atoms with Gasteiger partial charge in [0.2, 0.25) is 0 Å². The Kier molecular flexibility index (Phi) is 7.77. The lowest BCUT2D eigenvalue weighted by Crippen LogP contribution is -2.42. The summed E-state index contributed by atoms with van der Waals surface area (Å²) in [6.07, 6.45) is 2.18. The zero-order chi connectivity index (χ0) is 18.8. The van der Waals surface area contributed by atoms with Gasteiger partial charge in [0.1, 0.15) is 0 Å². The van der Waals surface area contributed by atoms with Crippen molar-refractivity contribution in [1.82, 2.24) is 10.6 Å². The summed E-state index contributed by atoms with van der Waals surface area (Å²) >= 11 is 0. The molecule has 9 nitrogen and oxygen atoms in total. The highest BCUT2D eigenvalue weighted by molar-refractivity contribution is 5.96. The third kappa shape index (κ3) is 7.73. The van der Waals surface area contributed by atoms with Gasteiger partial charge in [-0.3, -0.25) is 20.2 Å². The molecule has 0 aliphatic carbocycles. The second-order valence-corrected chi connectivity index (χ2v) is 5.41. The first-order chi connectivity index (χ1) is 11.8. The number of amides is 3. The van der Waals surface area contributed by atoms with Crippen LogP contribution in [0, 0.1) is 16.0 Å². The minimum Gasteiger partial charge on any atom is -0.452 e. The van der Waals surface area contributed by atoms with Crippen molar-refractivity contribution in [2.24, 2.45) is 5.92 Å². The number of benzene rings is 1. The monoisotopic (exact) mass is 349 g/mol. The van der Waals surface area contributed by atoms with Gasteiger partial charge >= 0.3 is 12.0 Å². The van der Waals surface area contributed by atoms with Crippen LogP contribution in [-0.4, -0.2) is 36.0 Å². The SMILES string of the molecule is CC(C)CNC(=O)NC(=O)COC(=O)/C=C/c1ccccc1[N+](=O)[O-]. The van der Waals surface area contributed by atoms with Crippen molar-refractivity contribution in [3.05, 3.63) is 46.0 Å². The summed E-state index contributed by atoms with van der Waals surface area (Å²) in [4.78, 5) is 44.6. The molecular formula is C16H19N3O6. The summed E-state index contributed by atoms with van der Waals surface area (Å²) in [6, 6.07) is 5.18. The Bertz CT molecular complexity index is 684. The van der Waals surface area contributed by atoms with Gasteiger partial charge in [-0.15, -0.1) is 0 Å². The summed E-state index contributed by atoms with van der Waals surface area (Å²) in [7, 11) is 0. The molecule has 0 saturated carbocycles. The molecule has 3 amide bonds. The number of hydrogen-bond acceptors (Lipinski definition) is 6. The fourth-order valence-electron chi connectivity index (χ4n) is 1.64. The molecule has 25 heavy (non-hydrogen) atoms. The first kappa shape index (κ1) is 19.8. The fourth-order valence-corrected chi connectivity index (χ4v) is 1.64. The number of nitrogens with zero attached hydrogens (tertiary/aromatic N) is 1. The molecule has 0 heterocycles. The molecule has 0 radical (unpaired) electrons. The van der Waals surface area contributed by atoms with Gasteiger partial charge < -0.3 is 10.1 Å². The average Bonchev–Trinajstić information content (AvgIpc) is 2.56. The van der Waals surface area contributed by atoms with Crippen molar-refractivity contribution in [3.63, 3.8) is 0 Å². The van der Waals surface area contributed by atoms with E-state index in [0.29, 0.717) is 6.54 Å². The number of nitro benzene ring substituents is 1. The van der Waals surface area contributed by atoms with E-state index in [-0.39, 0.29) is 17.2 Å². The second-order valence-electron chi connectivity index (χ2n) is 5.41. The molecule has 1 aromatic rings. The minimum absolute atomic E-state index is 0.161. The Morgan fingerprint density at radius 2 is 1.96 bits per heavy atom. The molecule has 1 aromatic carbocycles. The Hall–Kier alpha value is -3.23. The number of imide groups is 1. The molecule has 1 rings (SSSR count). The highest BCUT2D eigenvalue weighted by Crippen LogP contribution is 2.18. The van der Waals surface area contributed by atoms with E-state index in [0.717, 1.165) is 6.08 Å². The van der Waals surface area contributed by atoms with Crippen LogP contribution in [0.1, 0.15) is 19.4 Å². The van der Waals surface area contributed by atoms with Gasteiger partial charge in [-0.25, -0.2) is 9.59 Å². The molecule has 0 saturated heterocycles. The molecule has 2 N–H and O–H groups in total. The van der Waals surface area contributed by atoms with Crippen LogP contribution < -0.4 is 10.6 Å². The van der Waals surface area contributed by atoms with Gasteiger partial charge in [-0.05, 0) is 18.1 Å². The number of hydrogen-bond donors (Lipinski definition) is 2. The topological polar surface area (TPSA) is 128 Å². The van der Waals surface area contributed by atoms with Crippen LogP contribution in [-0.2, 0) is 14.3 Å². The zero-order valence-electron chi connectivity index (χ0n) is 13.9. The summed E-state index contributed by atoms with van der Waals surface area (Å²) in [6.45, 7) is 3.55. The highest BCUT2D eigenvalue weighted by Gasteiger charge is 2.12. The Morgan fingerprint density at radius 1 is 1.28 bits per heavy atom. The molecule has 0 aromatic heterocycles. The maximum Gasteiger partial charge on any atom is 0.331 e. The van der Waals surface area contributed by atoms with Crippen molar-refractivity contribution in [2.75, 3.05) is 13.2 Å². The third-order valence-corrected chi connectivity index (χ3v) is 2.80. The maximum absolute atomic E-state index is 11.5. The highest BCUT2D eigenvalue weighted by atomic mass is 16.6. The fraction of sp³-hybridized carbons (Fsp3) is 0.312. The average molecular weight is 349 g/mol. The molecule has 0 spiro atoms. The van der Waals surface area contributed by atoms with Crippen molar-refractivity contribution in [1.29, 1.82) is 0 Å². The number of esters is 1. The van der Waals surface area contributed by atoms with Crippen LogP contribution in [0.3, 0.4) is 0 Å². The van der Waals surface area contributed by atoms with E-state index in [1.54, 1.807) is 6.07 Å². The predicted molar refractivity (Wildman–Crippen MR) is 89.5 cm³/mol. The molecule has 0 bridgehead atoms. The van der Waals surface area contributed by atoms with Gasteiger partial charge in [-0.1, -0.05) is 26.0 Å². The number of para-hydroxylation sites is 1. The first-order valence-electron chi connectivity index (χ1n) is 7.45. The van der Waals surface area contributed by atoms with E-state index < -0.39 is 29.4 Å². The molecule has 0 aliphatic heterocycles. The van der Waals surface area contributed by atoms with E-state index in [1.165, 1.54) is 24.3 Å². The molecule has 0 aliphatic rings. The van der Waals surface area contributed by atoms with Crippen LogP contribution in [0.2, 0.25) is 0 Å². The smallest absolute Gasteiger partial charge is 0.331 e. The quantitative estimate of drug-likeness (QED) is 0.333. The summed E-state index contributed by atoms with van der Waals surface area (Å²) in [5.74, 6) is -1.42. The number of ether oxygens (including phenoxy) is 1. The lowest BCUT2D eigenvalue weighted by atomic mass is 10.1. The Balaban J connectivity index is 2.46. The van der Waals surface area contributed by atoms with E-state index in [1.807, 2.05) is 19.2 Å². The normalized spacial score (nSPS) is 10.5. The van der Waals surface area contributed by atoms with Crippen molar-refractivity contribution >= 4 is 29.7 Å². The third-order valence-electron chi connectivity index (χ3n) is 2.80. The molecule has 134 valence electrons. The van der Waals surface area contributed by atoms with Crippen LogP contribution in [0.25, 0.3) is 6.08 Å². The standard InChI is InChI=1S/C16H19N3O6/c1-11(2)9-17-16(22)18-14(20)10-25-15(21)8-7-12-5-3-4-6-13(12)19(23)24/h3-8,11H,9-10H2,1-2H3,(H2,17,18,20,22)/b8-7+. The molecule has 0 atom stereocenters. The van der Waals surface area contributed by atoms with E-state index >= 15 is 0 Å². The van der Waals surface area contributed by atoms with Gasteiger partial charge in [0.05, 0.1) is 10.5 Å². The first-order valence-corrected chi connectivity index (χ1v) is 7.45. The van der Waals surface area contributed by atoms with E-state index in [4.69, 9.17) is 0 Å². The van der Waals surface area contributed by atoms with Crippen LogP contribution in [0.4, 0.5) is 10.5 Å². The minimum atomic E-state index is -0.865. The molecular weight excluding hydrogens is 330 g/mol. The molecule has 0 fully saturated rings. The van der Waals surface area contributed by atoms with E-state index in [2.05, 4.69) is 10.1 Å². The Labute approximate surface area is 144 Å². The lowest BCUT2D eigenvalue weighted by molar-refractivity contribution is -0.385. The van der Waals surface area contributed by atoms with Gasteiger partial charge in [-0.2, -0.15) is 0 Å². The van der Waals surface area contributed by atoms with Gasteiger partial charge in [0.25, 0.3) is 11.6 Å². The second kappa shape index (κ2) is 9.81. The van der Waals surface area contributed by atoms with Crippen LogP contribution in [0.15, 0.2) is 30.3 Å². The molecule has 0 unspecified atom stereocenters. The van der Waals surface area contributed by atoms with Crippen LogP contribution in [0.5, 0.6) is 0 Å². The lowest BCUT2D eigenvalue weighted by Gasteiger charge is -2.08.